The number of likely N-dealkylation sites (tertiary alicyclic amines) is 1. The van der Waals surface area contributed by atoms with Gasteiger partial charge in [-0.1, -0.05) is 0 Å². The van der Waals surface area contributed by atoms with Gasteiger partial charge in [0, 0.05) is 19.1 Å². The van der Waals surface area contributed by atoms with Gasteiger partial charge in [0.2, 0.25) is 0 Å². The summed E-state index contributed by atoms with van der Waals surface area (Å²) < 4.78 is 5.41. The number of rotatable bonds is 1. The Morgan fingerprint density at radius 2 is 1.78 bits per heavy atom. The molecule has 0 spiro atoms. The lowest BCUT2D eigenvalue weighted by Crippen LogP contribution is -2.40. The van der Waals surface area contributed by atoms with Crippen molar-refractivity contribution in [2.45, 2.75) is 65.0 Å². The van der Waals surface area contributed by atoms with Crippen LogP contribution in [-0.4, -0.2) is 35.7 Å². The van der Waals surface area contributed by atoms with E-state index in [0.29, 0.717) is 5.92 Å². The molecule has 2 N–H and O–H groups in total. The zero-order valence-electron chi connectivity index (χ0n) is 12.2. The van der Waals surface area contributed by atoms with Crippen molar-refractivity contribution in [3.8, 4) is 0 Å². The summed E-state index contributed by atoms with van der Waals surface area (Å²) in [6.45, 7) is 9.37. The molecular formula is C14H28N2O2. The van der Waals surface area contributed by atoms with Gasteiger partial charge in [-0.3, -0.25) is 0 Å². The molecule has 0 aromatic heterocycles. The topological polar surface area (TPSA) is 55.6 Å². The first-order chi connectivity index (χ1) is 8.29. The molecule has 1 heterocycles. The summed E-state index contributed by atoms with van der Waals surface area (Å²) in [5.41, 5.74) is 5.55. The molecule has 1 rings (SSSR count). The Morgan fingerprint density at radius 3 is 2.17 bits per heavy atom. The standard InChI is InChI=1S/C14H28N2O2/c1-11(15)12-7-5-9-16(10-6-8-12)13(17)18-14(2,3)4/h11-12H,5-10,15H2,1-4H3. The van der Waals surface area contributed by atoms with E-state index in [4.69, 9.17) is 10.5 Å². The third-order valence-corrected chi connectivity index (χ3v) is 3.40. The van der Waals surface area contributed by atoms with Gasteiger partial charge in [0.25, 0.3) is 0 Å². The number of ether oxygens (including phenoxy) is 1. The van der Waals surface area contributed by atoms with Crippen LogP contribution >= 0.6 is 0 Å². The van der Waals surface area contributed by atoms with Crippen LogP contribution in [0.1, 0.15) is 53.4 Å². The Morgan fingerprint density at radius 1 is 1.28 bits per heavy atom. The number of amides is 1. The van der Waals surface area contributed by atoms with Crippen molar-refractivity contribution in [2.75, 3.05) is 13.1 Å². The van der Waals surface area contributed by atoms with Gasteiger partial charge < -0.3 is 15.4 Å². The summed E-state index contributed by atoms with van der Waals surface area (Å²) in [5, 5.41) is 0. The van der Waals surface area contributed by atoms with Gasteiger partial charge in [-0.25, -0.2) is 4.79 Å². The molecule has 1 aliphatic heterocycles. The Kier molecular flexibility index (Phi) is 5.45. The molecule has 0 aliphatic carbocycles. The first-order valence-corrected chi connectivity index (χ1v) is 7.03. The van der Waals surface area contributed by atoms with E-state index in [9.17, 15) is 4.79 Å². The third kappa shape index (κ3) is 5.25. The molecule has 0 radical (unpaired) electrons. The predicted octanol–water partition coefficient (Wildman–Crippen LogP) is 2.76. The van der Waals surface area contributed by atoms with Crippen LogP contribution in [0.25, 0.3) is 0 Å². The van der Waals surface area contributed by atoms with Crippen molar-refractivity contribution in [3.05, 3.63) is 0 Å². The molecule has 1 saturated heterocycles. The van der Waals surface area contributed by atoms with E-state index in [-0.39, 0.29) is 12.1 Å². The number of nitrogens with zero attached hydrogens (tertiary/aromatic N) is 1. The molecule has 0 aromatic carbocycles. The van der Waals surface area contributed by atoms with Crippen LogP contribution in [0.5, 0.6) is 0 Å². The van der Waals surface area contributed by atoms with Crippen LogP contribution in [-0.2, 0) is 4.74 Å². The molecule has 0 bridgehead atoms. The van der Waals surface area contributed by atoms with Crippen molar-refractivity contribution in [1.82, 2.24) is 4.90 Å². The summed E-state index contributed by atoms with van der Waals surface area (Å²) in [5.74, 6) is 0.603. The van der Waals surface area contributed by atoms with Crippen molar-refractivity contribution in [3.63, 3.8) is 0 Å². The van der Waals surface area contributed by atoms with Gasteiger partial charge >= 0.3 is 6.09 Å². The Hall–Kier alpha value is -0.770. The maximum Gasteiger partial charge on any atom is 0.410 e. The van der Waals surface area contributed by atoms with Gasteiger partial charge in [-0.15, -0.1) is 0 Å². The fraction of sp³-hybridized carbons (Fsp3) is 0.929. The summed E-state index contributed by atoms with van der Waals surface area (Å²) in [6.07, 6.45) is 4.08. The van der Waals surface area contributed by atoms with Crippen molar-refractivity contribution in [1.29, 1.82) is 0 Å². The van der Waals surface area contributed by atoms with Crippen LogP contribution in [0.2, 0.25) is 0 Å². The molecule has 0 aromatic rings. The zero-order valence-corrected chi connectivity index (χ0v) is 12.2. The van der Waals surface area contributed by atoms with E-state index < -0.39 is 5.60 Å². The van der Waals surface area contributed by atoms with E-state index in [2.05, 4.69) is 6.92 Å². The highest BCUT2D eigenvalue weighted by Crippen LogP contribution is 2.21. The second kappa shape index (κ2) is 6.41. The highest BCUT2D eigenvalue weighted by atomic mass is 16.6. The highest BCUT2D eigenvalue weighted by Gasteiger charge is 2.24. The molecule has 1 unspecified atom stereocenters. The molecule has 1 amide bonds. The molecule has 0 saturated carbocycles. The van der Waals surface area contributed by atoms with E-state index in [0.717, 1.165) is 38.8 Å². The minimum atomic E-state index is -0.409. The smallest absolute Gasteiger partial charge is 0.410 e. The molecular weight excluding hydrogens is 228 g/mol. The van der Waals surface area contributed by atoms with Crippen LogP contribution in [0.3, 0.4) is 0 Å². The Labute approximate surface area is 111 Å². The first-order valence-electron chi connectivity index (χ1n) is 7.03. The first kappa shape index (κ1) is 15.3. The average Bonchev–Trinajstić information content (AvgIpc) is 2.12. The molecule has 18 heavy (non-hydrogen) atoms. The van der Waals surface area contributed by atoms with Gasteiger partial charge in [-0.05, 0) is 59.3 Å². The van der Waals surface area contributed by atoms with Gasteiger partial charge in [0.05, 0.1) is 0 Å². The fourth-order valence-electron chi connectivity index (χ4n) is 2.38. The number of carbonyl (C=O) groups excluding carboxylic acids is 1. The summed E-state index contributed by atoms with van der Waals surface area (Å²) >= 11 is 0. The molecule has 1 fully saturated rings. The molecule has 1 atom stereocenters. The minimum absolute atomic E-state index is 0.179. The largest absolute Gasteiger partial charge is 0.444 e. The van der Waals surface area contributed by atoms with Crippen molar-refractivity contribution >= 4 is 6.09 Å². The average molecular weight is 256 g/mol. The van der Waals surface area contributed by atoms with E-state index >= 15 is 0 Å². The third-order valence-electron chi connectivity index (χ3n) is 3.40. The predicted molar refractivity (Wildman–Crippen MR) is 73.4 cm³/mol. The number of carbonyl (C=O) groups is 1. The van der Waals surface area contributed by atoms with Crippen LogP contribution < -0.4 is 5.73 Å². The molecule has 4 heteroatoms. The minimum Gasteiger partial charge on any atom is -0.444 e. The van der Waals surface area contributed by atoms with Crippen LogP contribution in [0, 0.1) is 5.92 Å². The molecule has 1 aliphatic rings. The second-order valence-electron chi connectivity index (χ2n) is 6.37. The summed E-state index contributed by atoms with van der Waals surface area (Å²) in [6, 6.07) is 0.262. The number of hydrogen-bond donors (Lipinski definition) is 1. The lowest BCUT2D eigenvalue weighted by Gasteiger charge is -2.31. The zero-order chi connectivity index (χ0) is 13.8. The lowest BCUT2D eigenvalue weighted by molar-refractivity contribution is 0.0226. The van der Waals surface area contributed by atoms with Gasteiger partial charge in [-0.2, -0.15) is 0 Å². The maximum absolute atomic E-state index is 12.0. The van der Waals surface area contributed by atoms with Gasteiger partial charge in [0.15, 0.2) is 0 Å². The maximum atomic E-state index is 12.0. The van der Waals surface area contributed by atoms with Crippen LogP contribution in [0.15, 0.2) is 0 Å². The summed E-state index contributed by atoms with van der Waals surface area (Å²) in [7, 11) is 0. The van der Waals surface area contributed by atoms with E-state index in [1.54, 1.807) is 0 Å². The fourth-order valence-corrected chi connectivity index (χ4v) is 2.38. The second-order valence-corrected chi connectivity index (χ2v) is 6.37. The quantitative estimate of drug-likeness (QED) is 0.785. The Bertz CT molecular complexity index is 261. The molecule has 106 valence electrons. The highest BCUT2D eigenvalue weighted by molar-refractivity contribution is 5.68. The monoisotopic (exact) mass is 256 g/mol. The van der Waals surface area contributed by atoms with E-state index in [1.807, 2.05) is 25.7 Å². The van der Waals surface area contributed by atoms with Crippen molar-refractivity contribution in [2.24, 2.45) is 11.7 Å². The SMILES string of the molecule is CC(N)C1CCCN(C(=O)OC(C)(C)C)CCC1. The normalized spacial score (nSPS) is 21.1. The Balaban J connectivity index is 2.44. The van der Waals surface area contributed by atoms with Gasteiger partial charge in [0.1, 0.15) is 5.60 Å². The molecule has 4 nitrogen and oxygen atoms in total. The van der Waals surface area contributed by atoms with E-state index in [1.165, 1.54) is 0 Å². The van der Waals surface area contributed by atoms with Crippen molar-refractivity contribution < 1.29 is 9.53 Å². The van der Waals surface area contributed by atoms with Crippen LogP contribution in [0.4, 0.5) is 4.79 Å². The lowest BCUT2D eigenvalue weighted by atomic mass is 9.90. The number of hydrogen-bond acceptors (Lipinski definition) is 3. The summed E-state index contributed by atoms with van der Waals surface area (Å²) in [4.78, 5) is 13.8. The number of nitrogens with two attached hydrogens (primary N) is 1.